The molecule has 9 heteroatoms. The van der Waals surface area contributed by atoms with Crippen molar-refractivity contribution in [1.29, 1.82) is 0 Å². The van der Waals surface area contributed by atoms with Crippen LogP contribution in [0.1, 0.15) is 0 Å². The zero-order valence-electron chi connectivity index (χ0n) is 17.6. The molecule has 0 heterocycles. The van der Waals surface area contributed by atoms with Crippen molar-refractivity contribution in [2.75, 3.05) is 4.06 Å². The Hall–Kier alpha value is -2.87. The fraction of sp³-hybridized carbons (Fsp3) is 0. The average Bonchev–Trinajstić information content (AvgIpc) is 2.79. The fourth-order valence-electron chi connectivity index (χ4n) is 4.35. The second-order valence-electron chi connectivity index (χ2n) is 8.83. The second-order valence-corrected chi connectivity index (χ2v) is 24.7. The summed E-state index contributed by atoms with van der Waals surface area (Å²) in [6.07, 6.45) is 0. The molecule has 0 aliphatic carbocycles. The van der Waals surface area contributed by atoms with Gasteiger partial charge in [0, 0.05) is 0 Å². The number of anilines is 1. The number of hydrogen-bond donors (Lipinski definition) is 1. The molecule has 0 spiro atoms. The minimum absolute atomic E-state index is 0.0519. The van der Waals surface area contributed by atoms with Crippen molar-refractivity contribution in [1.82, 2.24) is 0 Å². The van der Waals surface area contributed by atoms with Gasteiger partial charge in [0.2, 0.25) is 0 Å². The van der Waals surface area contributed by atoms with Crippen LogP contribution in [0, 0.1) is 0 Å². The Balaban J connectivity index is 2.06. The summed E-state index contributed by atoms with van der Waals surface area (Å²) in [7, 11) is -4.78. The van der Waals surface area contributed by atoms with E-state index in [1.165, 1.54) is 91.0 Å². The Morgan fingerprint density at radius 3 is 1.12 bits per heavy atom. The van der Waals surface area contributed by atoms with Gasteiger partial charge >= 0.3 is 189 Å². The standard InChI is InChI=1S/C18H15OSi.C6H6N.5FH.Zn/c19-20(16-10-4-1-5-11-16,17-12-6-2-7-13-17)18-14-8-3-9-15-18;7-6-4-2-1-3-5-6;;;;;;/h1-15H;1-5,7H;5*1H;/q2*-1;;;;;;+7/p-5. The van der Waals surface area contributed by atoms with Gasteiger partial charge < -0.3 is 0 Å². The van der Waals surface area contributed by atoms with Gasteiger partial charge in [0.25, 0.3) is 0 Å². The van der Waals surface area contributed by atoms with E-state index in [1.807, 2.05) is 0 Å². The maximum atomic E-state index is 15.6. The van der Waals surface area contributed by atoms with Gasteiger partial charge in [-0.15, -0.1) is 0 Å². The number of halogens is 5. The van der Waals surface area contributed by atoms with Crippen molar-refractivity contribution in [2.45, 2.75) is 0 Å². The fourth-order valence-corrected chi connectivity index (χ4v) is 21.5. The third kappa shape index (κ3) is 5.21. The summed E-state index contributed by atoms with van der Waals surface area (Å²) >= 11 is -12.6. The third-order valence-corrected chi connectivity index (χ3v) is 19.7. The summed E-state index contributed by atoms with van der Waals surface area (Å²) in [4.78, 5) is 0. The molecule has 1 N–H and O–H groups in total. The molecule has 33 heavy (non-hydrogen) atoms. The van der Waals surface area contributed by atoms with Gasteiger partial charge in [-0.25, -0.2) is 0 Å². The Bertz CT molecular complexity index is 1170. The van der Waals surface area contributed by atoms with Crippen molar-refractivity contribution in [3.8, 4) is 0 Å². The van der Waals surface area contributed by atoms with Crippen LogP contribution in [-0.4, -0.2) is 8.32 Å². The van der Waals surface area contributed by atoms with Crippen LogP contribution in [-0.2, 0) is 17.6 Å². The molecule has 2 nitrogen and oxygen atoms in total. The Kier molecular flexibility index (Phi) is 4.82. The van der Waals surface area contributed by atoms with Crippen molar-refractivity contribution in [3.63, 3.8) is 0 Å². The SMILES string of the molecule is [F][Zn]([F])([F])([F])([F])([NH]c1ccccc1)[O][Si](c1ccccc1)(c1ccccc1)c1ccccc1. The van der Waals surface area contributed by atoms with E-state index in [0.29, 0.717) is 4.06 Å². The molecule has 0 saturated carbocycles. The van der Waals surface area contributed by atoms with Crippen molar-refractivity contribution in [2.24, 2.45) is 0 Å². The van der Waals surface area contributed by atoms with Crippen LogP contribution >= 0.6 is 0 Å². The maximum absolute atomic E-state index is 15.6. The Morgan fingerprint density at radius 2 is 0.788 bits per heavy atom. The predicted molar refractivity (Wildman–Crippen MR) is 121 cm³/mol. The molecular weight excluding hydrogens is 507 g/mol. The number of benzene rings is 4. The van der Waals surface area contributed by atoms with Gasteiger partial charge in [-0.05, 0) is 0 Å². The van der Waals surface area contributed by atoms with E-state index in [1.54, 1.807) is 18.2 Å². The first-order chi connectivity index (χ1) is 15.3. The van der Waals surface area contributed by atoms with Crippen LogP contribution < -0.4 is 19.6 Å². The Labute approximate surface area is 188 Å². The van der Waals surface area contributed by atoms with Crippen LogP contribution in [0.3, 0.4) is 0 Å². The molecule has 169 valence electrons. The van der Waals surface area contributed by atoms with Crippen LogP contribution in [0.15, 0.2) is 121 Å². The molecule has 4 aromatic carbocycles. The minimum atomic E-state index is -12.6. The molecule has 0 radical (unpaired) electrons. The van der Waals surface area contributed by atoms with Crippen LogP contribution in [0.2, 0.25) is 0 Å². The van der Waals surface area contributed by atoms with Gasteiger partial charge in [0.1, 0.15) is 0 Å². The molecule has 0 saturated heterocycles. The summed E-state index contributed by atoms with van der Waals surface area (Å²) in [5.74, 6) is 0. The van der Waals surface area contributed by atoms with Gasteiger partial charge in [-0.2, -0.15) is 0 Å². The quantitative estimate of drug-likeness (QED) is 0.186. The van der Waals surface area contributed by atoms with Crippen molar-refractivity contribution < 1.29 is 34.2 Å². The van der Waals surface area contributed by atoms with Gasteiger partial charge in [-0.1, -0.05) is 0 Å². The van der Waals surface area contributed by atoms with E-state index in [-0.39, 0.29) is 15.6 Å². The molecule has 0 amide bonds. The molecule has 0 atom stereocenters. The van der Waals surface area contributed by atoms with Crippen LogP contribution in [0.25, 0.3) is 0 Å². The van der Waals surface area contributed by atoms with Gasteiger partial charge in [0.15, 0.2) is 0 Å². The molecule has 0 aliphatic heterocycles. The molecule has 0 aliphatic rings. The normalized spacial score (nSPS) is 15.5. The third-order valence-electron chi connectivity index (χ3n) is 5.49. The molecule has 4 aromatic rings. The Morgan fingerprint density at radius 1 is 0.485 bits per heavy atom. The first-order valence-electron chi connectivity index (χ1n) is 10.8. The van der Waals surface area contributed by atoms with E-state index >= 15 is 16.6 Å². The van der Waals surface area contributed by atoms with E-state index in [2.05, 4.69) is 3.25 Å². The second kappa shape index (κ2) is 6.82. The van der Waals surface area contributed by atoms with Crippen molar-refractivity contribution in [3.05, 3.63) is 121 Å². The molecule has 0 unspecified atom stereocenters. The first-order valence-corrected chi connectivity index (χ1v) is 21.0. The van der Waals surface area contributed by atoms with E-state index in [4.69, 9.17) is 0 Å². The summed E-state index contributed by atoms with van der Waals surface area (Å²) in [5.41, 5.74) is -0.781. The summed E-state index contributed by atoms with van der Waals surface area (Å²) in [6.45, 7) is 0. The zero-order valence-corrected chi connectivity index (χ0v) is 21.5. The number of rotatable bonds is 7. The summed E-state index contributed by atoms with van der Waals surface area (Å²) < 4.78 is 83.4. The molecular formula is C24H21F5NOSiZn. The number of hydrogen-bond acceptors (Lipinski definition) is 2. The van der Waals surface area contributed by atoms with Crippen molar-refractivity contribution >= 4 is 29.6 Å². The van der Waals surface area contributed by atoms with Crippen LogP contribution in [0.5, 0.6) is 0 Å². The molecule has 4 rings (SSSR count). The van der Waals surface area contributed by atoms with Gasteiger partial charge in [-0.3, -0.25) is 0 Å². The predicted octanol–water partition coefficient (Wildman–Crippen LogP) is 5.80. The van der Waals surface area contributed by atoms with E-state index in [0.717, 1.165) is 12.1 Å². The van der Waals surface area contributed by atoms with E-state index in [9.17, 15) is 0 Å². The summed E-state index contributed by atoms with van der Waals surface area (Å²) in [5, 5.41) is 0.156. The van der Waals surface area contributed by atoms with Crippen LogP contribution in [0.4, 0.5) is 22.3 Å². The monoisotopic (exact) mass is 526 g/mol. The molecule has 0 bridgehead atoms. The molecule has 0 aromatic heterocycles. The zero-order chi connectivity index (χ0) is 23.7. The topological polar surface area (TPSA) is 21.3 Å². The number of nitrogens with one attached hydrogen (secondary N) is 1. The van der Waals surface area contributed by atoms with Gasteiger partial charge in [0.05, 0.1) is 0 Å². The first kappa shape index (κ1) is 23.3. The van der Waals surface area contributed by atoms with E-state index < -0.39 is 28.3 Å². The molecule has 0 fully saturated rings. The number of para-hydroxylation sites is 1. The summed E-state index contributed by atoms with van der Waals surface area (Å²) in [6, 6.07) is 28.2. The average molecular weight is 528 g/mol.